The lowest BCUT2D eigenvalue weighted by Gasteiger charge is -2.32. The summed E-state index contributed by atoms with van der Waals surface area (Å²) in [5.74, 6) is 1.91. The van der Waals surface area contributed by atoms with E-state index in [9.17, 15) is 9.59 Å². The molecule has 0 amide bonds. The summed E-state index contributed by atoms with van der Waals surface area (Å²) in [7, 11) is 1.73. The van der Waals surface area contributed by atoms with Crippen LogP contribution in [-0.2, 0) is 13.0 Å². The zero-order valence-electron chi connectivity index (χ0n) is 17.8. The Morgan fingerprint density at radius 1 is 1.25 bits per heavy atom. The molecule has 1 aliphatic carbocycles. The number of aromatic nitrogens is 3. The van der Waals surface area contributed by atoms with E-state index in [2.05, 4.69) is 27.4 Å². The van der Waals surface area contributed by atoms with Crippen molar-refractivity contribution in [2.24, 2.45) is 5.92 Å². The quantitative estimate of drug-likeness (QED) is 0.501. The van der Waals surface area contributed by atoms with E-state index in [1.54, 1.807) is 13.3 Å². The Hall–Kier alpha value is -2.97. The zero-order chi connectivity index (χ0) is 21.8. The van der Waals surface area contributed by atoms with E-state index in [1.165, 1.54) is 27.0 Å². The summed E-state index contributed by atoms with van der Waals surface area (Å²) in [6.07, 6.45) is 4.58. The Bertz CT molecular complexity index is 1450. The molecule has 1 unspecified atom stereocenters. The minimum absolute atomic E-state index is 0.220. The van der Waals surface area contributed by atoms with Crippen LogP contribution in [0.2, 0.25) is 0 Å². The van der Waals surface area contributed by atoms with E-state index in [4.69, 9.17) is 4.74 Å². The molecular weight excluding hydrogens is 424 g/mol. The number of hydrogen-bond donors (Lipinski definition) is 2. The number of pyridine rings is 1. The summed E-state index contributed by atoms with van der Waals surface area (Å²) in [6, 6.07) is 10.2. The molecule has 4 aromatic rings. The number of H-pyrrole nitrogens is 1. The number of benzene rings is 1. The Balaban J connectivity index is 1.33. The van der Waals surface area contributed by atoms with Crippen LogP contribution >= 0.6 is 11.3 Å². The van der Waals surface area contributed by atoms with Crippen LogP contribution in [0.1, 0.15) is 29.9 Å². The van der Waals surface area contributed by atoms with Crippen molar-refractivity contribution < 1.29 is 4.74 Å². The van der Waals surface area contributed by atoms with Gasteiger partial charge in [0, 0.05) is 30.1 Å². The lowest BCUT2D eigenvalue weighted by molar-refractivity contribution is 0.371. The van der Waals surface area contributed by atoms with Gasteiger partial charge in [-0.25, -0.2) is 9.78 Å². The van der Waals surface area contributed by atoms with Crippen LogP contribution in [0.5, 0.6) is 5.75 Å². The second kappa shape index (κ2) is 7.56. The maximum atomic E-state index is 13.2. The standard InChI is InChI=1S/C24H24N4O3S/c1-31-18-6-2-4-15-14(18)8-7-13-12-26-17(19(13)15)9-11-28-23(29)21-20(27-24(28)30)16-5-3-10-25-22(16)32-21/h2-6,10,13,17,19,26H,7-9,11-12H2,1H3,(H,27,30)/t13-,17?,19+/m1/s1. The number of nitrogens with zero attached hydrogens (tertiary/aromatic N) is 2. The van der Waals surface area contributed by atoms with Crippen molar-refractivity contribution in [3.63, 3.8) is 0 Å². The first kappa shape index (κ1) is 19.7. The van der Waals surface area contributed by atoms with Gasteiger partial charge in [0.2, 0.25) is 0 Å². The van der Waals surface area contributed by atoms with Gasteiger partial charge in [-0.3, -0.25) is 9.36 Å². The summed E-state index contributed by atoms with van der Waals surface area (Å²) < 4.78 is 7.52. The van der Waals surface area contributed by atoms with E-state index in [0.717, 1.165) is 41.8 Å². The highest BCUT2D eigenvalue weighted by molar-refractivity contribution is 7.25. The molecule has 8 heteroatoms. The van der Waals surface area contributed by atoms with Gasteiger partial charge >= 0.3 is 5.69 Å². The summed E-state index contributed by atoms with van der Waals surface area (Å²) in [6.45, 7) is 1.35. The van der Waals surface area contributed by atoms with Gasteiger partial charge in [0.25, 0.3) is 5.56 Å². The lowest BCUT2D eigenvalue weighted by atomic mass is 9.73. The molecule has 2 aliphatic rings. The number of methoxy groups -OCH3 is 1. The van der Waals surface area contributed by atoms with Crippen LogP contribution in [0, 0.1) is 5.92 Å². The molecular formula is C24H24N4O3S. The topological polar surface area (TPSA) is 89.0 Å². The first-order chi connectivity index (χ1) is 15.7. The number of rotatable bonds is 4. The highest BCUT2D eigenvalue weighted by Gasteiger charge is 2.40. The van der Waals surface area contributed by atoms with Gasteiger partial charge in [-0.05, 0) is 61.1 Å². The molecule has 7 nitrogen and oxygen atoms in total. The molecule has 6 rings (SSSR count). The highest BCUT2D eigenvalue weighted by Crippen LogP contribution is 2.45. The lowest BCUT2D eigenvalue weighted by Crippen LogP contribution is -2.37. The fraction of sp³-hybridized carbons (Fsp3) is 0.375. The molecule has 1 aliphatic heterocycles. The van der Waals surface area contributed by atoms with Gasteiger partial charge in [0.15, 0.2) is 0 Å². The Morgan fingerprint density at radius 3 is 3.03 bits per heavy atom. The molecule has 3 aromatic heterocycles. The highest BCUT2D eigenvalue weighted by atomic mass is 32.1. The number of hydrogen-bond acceptors (Lipinski definition) is 6. The molecule has 0 saturated carbocycles. The van der Waals surface area contributed by atoms with Crippen LogP contribution in [0.25, 0.3) is 20.4 Å². The van der Waals surface area contributed by atoms with Crippen LogP contribution < -0.4 is 21.3 Å². The Kier molecular flexibility index (Phi) is 4.66. The molecule has 1 saturated heterocycles. The zero-order valence-corrected chi connectivity index (χ0v) is 18.6. The second-order valence-corrected chi connectivity index (χ2v) is 9.70. The summed E-state index contributed by atoms with van der Waals surface area (Å²) >= 11 is 1.34. The van der Waals surface area contributed by atoms with Crippen LogP contribution in [0.15, 0.2) is 46.1 Å². The summed E-state index contributed by atoms with van der Waals surface area (Å²) in [4.78, 5) is 34.0. The number of ether oxygens (including phenoxy) is 1. The van der Waals surface area contributed by atoms with Gasteiger partial charge in [-0.1, -0.05) is 12.1 Å². The van der Waals surface area contributed by atoms with Crippen LogP contribution in [0.4, 0.5) is 0 Å². The fourth-order valence-corrected chi connectivity index (χ4v) is 6.72. The van der Waals surface area contributed by atoms with Crippen molar-refractivity contribution in [3.8, 4) is 5.75 Å². The molecule has 3 atom stereocenters. The summed E-state index contributed by atoms with van der Waals surface area (Å²) in [5.41, 5.74) is 2.66. The van der Waals surface area contributed by atoms with E-state index in [0.29, 0.717) is 28.6 Å². The van der Waals surface area contributed by atoms with Crippen molar-refractivity contribution in [1.82, 2.24) is 19.9 Å². The second-order valence-electron chi connectivity index (χ2n) is 8.71. The largest absolute Gasteiger partial charge is 0.496 e. The van der Waals surface area contributed by atoms with E-state index in [-0.39, 0.29) is 17.3 Å². The van der Waals surface area contributed by atoms with Gasteiger partial charge in [0.1, 0.15) is 15.3 Å². The van der Waals surface area contributed by atoms with Crippen molar-refractivity contribution in [2.75, 3.05) is 13.7 Å². The van der Waals surface area contributed by atoms with E-state index in [1.807, 2.05) is 18.2 Å². The summed E-state index contributed by atoms with van der Waals surface area (Å²) in [5, 5.41) is 4.49. The molecule has 4 heterocycles. The third kappa shape index (κ3) is 2.93. The molecule has 2 N–H and O–H groups in total. The maximum absolute atomic E-state index is 13.2. The smallest absolute Gasteiger partial charge is 0.328 e. The van der Waals surface area contributed by atoms with E-state index >= 15 is 0 Å². The third-order valence-corrected chi connectivity index (χ3v) is 8.25. The predicted molar refractivity (Wildman–Crippen MR) is 126 cm³/mol. The van der Waals surface area contributed by atoms with Crippen LogP contribution in [-0.4, -0.2) is 34.2 Å². The third-order valence-electron chi connectivity index (χ3n) is 7.14. The Morgan fingerprint density at radius 2 is 2.16 bits per heavy atom. The SMILES string of the molecule is COc1cccc2c1CC[C@@H]1CNC(CCn3c(=O)[nH]c4c(sc5ncccc54)c3=O)[C@H]21. The molecule has 0 bridgehead atoms. The minimum Gasteiger partial charge on any atom is -0.496 e. The molecule has 32 heavy (non-hydrogen) atoms. The normalized spacial score (nSPS) is 22.2. The predicted octanol–water partition coefficient (Wildman–Crippen LogP) is 3.02. The first-order valence-corrected chi connectivity index (χ1v) is 11.9. The van der Waals surface area contributed by atoms with Gasteiger partial charge < -0.3 is 15.0 Å². The average molecular weight is 449 g/mol. The van der Waals surface area contributed by atoms with E-state index < -0.39 is 0 Å². The molecule has 0 spiro atoms. The molecule has 164 valence electrons. The van der Waals surface area contributed by atoms with Crippen molar-refractivity contribution in [3.05, 3.63) is 68.5 Å². The van der Waals surface area contributed by atoms with Crippen molar-refractivity contribution >= 4 is 31.8 Å². The number of aromatic amines is 1. The molecule has 1 aromatic carbocycles. The number of nitrogens with one attached hydrogen (secondary N) is 2. The van der Waals surface area contributed by atoms with Crippen LogP contribution in [0.3, 0.4) is 0 Å². The Labute approximate surface area is 188 Å². The first-order valence-electron chi connectivity index (χ1n) is 11.0. The molecule has 0 radical (unpaired) electrons. The maximum Gasteiger partial charge on any atom is 0.328 e. The van der Waals surface area contributed by atoms with Gasteiger partial charge in [-0.2, -0.15) is 0 Å². The fourth-order valence-electron chi connectivity index (χ4n) is 5.67. The monoisotopic (exact) mass is 448 g/mol. The number of thiophene rings is 1. The minimum atomic E-state index is -0.355. The average Bonchev–Trinajstić information content (AvgIpc) is 3.40. The van der Waals surface area contributed by atoms with Crippen molar-refractivity contribution in [2.45, 2.75) is 37.8 Å². The molecule has 1 fully saturated rings. The number of fused-ring (bicyclic) bond motifs is 6. The van der Waals surface area contributed by atoms with Gasteiger partial charge in [-0.15, -0.1) is 11.3 Å². The van der Waals surface area contributed by atoms with Gasteiger partial charge in [0.05, 0.1) is 12.6 Å². The van der Waals surface area contributed by atoms with Crippen molar-refractivity contribution in [1.29, 1.82) is 0 Å².